The first-order valence-electron chi connectivity index (χ1n) is 8.62. The molecule has 6 heteroatoms. The molecule has 1 aromatic heterocycles. The van der Waals surface area contributed by atoms with Gasteiger partial charge in [-0.3, -0.25) is 24.3 Å². The normalized spacial score (nSPS) is 14.5. The Bertz CT molecular complexity index is 798. The Labute approximate surface area is 152 Å². The zero-order chi connectivity index (χ0) is 18.7. The van der Waals surface area contributed by atoms with E-state index in [1.165, 1.54) is 0 Å². The second-order valence-electron chi connectivity index (χ2n) is 6.75. The van der Waals surface area contributed by atoms with E-state index in [2.05, 4.69) is 10.3 Å². The highest BCUT2D eigenvalue weighted by atomic mass is 16.2. The number of hydrogen-bond donors (Lipinski definition) is 1. The summed E-state index contributed by atoms with van der Waals surface area (Å²) in [6, 6.07) is 9.48. The average molecular weight is 351 g/mol. The van der Waals surface area contributed by atoms with Crippen LogP contribution in [-0.2, 0) is 11.3 Å². The van der Waals surface area contributed by atoms with Crippen LogP contribution in [0.15, 0.2) is 48.8 Å². The van der Waals surface area contributed by atoms with Crippen LogP contribution in [0.2, 0.25) is 0 Å². The minimum atomic E-state index is -0.834. The maximum Gasteiger partial charge on any atom is 0.262 e. The van der Waals surface area contributed by atoms with E-state index >= 15 is 0 Å². The van der Waals surface area contributed by atoms with Gasteiger partial charge in [0, 0.05) is 18.9 Å². The van der Waals surface area contributed by atoms with Crippen molar-refractivity contribution in [2.45, 2.75) is 32.9 Å². The summed E-state index contributed by atoms with van der Waals surface area (Å²) in [7, 11) is 0. The Balaban J connectivity index is 1.81. The molecular formula is C20H21N3O3. The van der Waals surface area contributed by atoms with E-state index in [4.69, 9.17) is 0 Å². The van der Waals surface area contributed by atoms with Gasteiger partial charge in [-0.15, -0.1) is 0 Å². The minimum Gasteiger partial charge on any atom is -0.350 e. The van der Waals surface area contributed by atoms with Crippen LogP contribution in [0.5, 0.6) is 0 Å². The summed E-state index contributed by atoms with van der Waals surface area (Å²) in [5.41, 5.74) is 1.56. The van der Waals surface area contributed by atoms with Gasteiger partial charge in [-0.2, -0.15) is 0 Å². The number of amides is 3. The first kappa shape index (κ1) is 17.8. The molecule has 2 heterocycles. The third kappa shape index (κ3) is 3.49. The fraction of sp³-hybridized carbons (Fsp3) is 0.300. The van der Waals surface area contributed by atoms with Gasteiger partial charge in [-0.25, -0.2) is 0 Å². The molecule has 0 radical (unpaired) electrons. The fourth-order valence-electron chi connectivity index (χ4n) is 3.08. The lowest BCUT2D eigenvalue weighted by Gasteiger charge is -2.26. The summed E-state index contributed by atoms with van der Waals surface area (Å²) in [5.74, 6) is -1.01. The smallest absolute Gasteiger partial charge is 0.262 e. The molecule has 0 spiro atoms. The van der Waals surface area contributed by atoms with E-state index in [-0.39, 0.29) is 11.8 Å². The van der Waals surface area contributed by atoms with E-state index in [0.717, 1.165) is 10.5 Å². The van der Waals surface area contributed by atoms with E-state index in [1.54, 1.807) is 42.7 Å². The van der Waals surface area contributed by atoms with Crippen LogP contribution in [0, 0.1) is 5.92 Å². The number of carbonyl (C=O) groups excluding carboxylic acids is 3. The molecule has 0 fully saturated rings. The van der Waals surface area contributed by atoms with Gasteiger partial charge in [0.1, 0.15) is 6.04 Å². The number of aromatic nitrogens is 1. The molecule has 1 atom stereocenters. The van der Waals surface area contributed by atoms with Crippen LogP contribution in [0.3, 0.4) is 0 Å². The van der Waals surface area contributed by atoms with Crippen LogP contribution in [0.4, 0.5) is 0 Å². The third-order valence-electron chi connectivity index (χ3n) is 4.32. The van der Waals surface area contributed by atoms with Gasteiger partial charge >= 0.3 is 0 Å². The lowest BCUT2D eigenvalue weighted by Crippen LogP contribution is -2.50. The summed E-state index contributed by atoms with van der Waals surface area (Å²) in [6.07, 6.45) is 3.73. The van der Waals surface area contributed by atoms with Crippen LogP contribution in [0.1, 0.15) is 46.5 Å². The average Bonchev–Trinajstić information content (AvgIpc) is 2.90. The maximum atomic E-state index is 12.8. The molecule has 0 bridgehead atoms. The van der Waals surface area contributed by atoms with Crippen molar-refractivity contribution in [1.82, 2.24) is 15.2 Å². The molecule has 0 saturated heterocycles. The predicted molar refractivity (Wildman–Crippen MR) is 96.3 cm³/mol. The summed E-state index contributed by atoms with van der Waals surface area (Å²) in [5, 5.41) is 2.82. The highest BCUT2D eigenvalue weighted by Crippen LogP contribution is 2.27. The number of nitrogens with zero attached hydrogens (tertiary/aromatic N) is 2. The summed E-state index contributed by atoms with van der Waals surface area (Å²) < 4.78 is 0. The van der Waals surface area contributed by atoms with Crippen molar-refractivity contribution in [2.24, 2.45) is 5.92 Å². The summed E-state index contributed by atoms with van der Waals surface area (Å²) in [6.45, 7) is 4.21. The van der Waals surface area contributed by atoms with Crippen molar-refractivity contribution in [2.75, 3.05) is 0 Å². The van der Waals surface area contributed by atoms with E-state index in [9.17, 15) is 14.4 Å². The van der Waals surface area contributed by atoms with Crippen LogP contribution < -0.4 is 5.32 Å². The van der Waals surface area contributed by atoms with Gasteiger partial charge in [-0.1, -0.05) is 32.0 Å². The third-order valence-corrected chi connectivity index (χ3v) is 4.32. The Morgan fingerprint density at radius 3 is 2.27 bits per heavy atom. The molecule has 3 rings (SSSR count). The van der Waals surface area contributed by atoms with E-state index < -0.39 is 17.9 Å². The first-order valence-corrected chi connectivity index (χ1v) is 8.62. The Hall–Kier alpha value is -3.02. The molecule has 3 amide bonds. The number of nitrogens with one attached hydrogen (secondary N) is 1. The molecule has 2 aromatic rings. The quantitative estimate of drug-likeness (QED) is 0.811. The van der Waals surface area contributed by atoms with E-state index in [0.29, 0.717) is 24.1 Å². The van der Waals surface area contributed by atoms with Gasteiger partial charge in [0.05, 0.1) is 11.1 Å². The largest absolute Gasteiger partial charge is 0.350 e. The molecule has 26 heavy (non-hydrogen) atoms. The summed E-state index contributed by atoms with van der Waals surface area (Å²) in [4.78, 5) is 43.4. The molecule has 0 aliphatic carbocycles. The molecule has 6 nitrogen and oxygen atoms in total. The van der Waals surface area contributed by atoms with Crippen molar-refractivity contribution in [3.63, 3.8) is 0 Å². The molecule has 1 aliphatic rings. The first-order chi connectivity index (χ1) is 12.5. The second kappa shape index (κ2) is 7.47. The fourth-order valence-corrected chi connectivity index (χ4v) is 3.08. The van der Waals surface area contributed by atoms with Crippen LogP contribution >= 0.6 is 0 Å². The summed E-state index contributed by atoms with van der Waals surface area (Å²) >= 11 is 0. The zero-order valence-corrected chi connectivity index (χ0v) is 14.8. The number of hydrogen-bond acceptors (Lipinski definition) is 4. The van der Waals surface area contributed by atoms with Gasteiger partial charge in [-0.05, 0) is 36.1 Å². The van der Waals surface area contributed by atoms with Crippen molar-refractivity contribution in [3.8, 4) is 0 Å². The Morgan fingerprint density at radius 2 is 1.73 bits per heavy atom. The van der Waals surface area contributed by atoms with Gasteiger partial charge in [0.2, 0.25) is 5.91 Å². The highest BCUT2D eigenvalue weighted by molar-refractivity contribution is 6.22. The van der Waals surface area contributed by atoms with E-state index in [1.807, 2.05) is 19.9 Å². The van der Waals surface area contributed by atoms with Crippen molar-refractivity contribution >= 4 is 17.7 Å². The molecule has 1 aromatic carbocycles. The minimum absolute atomic E-state index is 0.147. The lowest BCUT2D eigenvalue weighted by molar-refractivity contribution is -0.125. The van der Waals surface area contributed by atoms with Gasteiger partial charge in [0.25, 0.3) is 11.8 Å². The number of rotatable bonds is 6. The number of fused-ring (bicyclic) bond motifs is 1. The monoisotopic (exact) mass is 351 g/mol. The molecule has 1 N–H and O–H groups in total. The second-order valence-corrected chi connectivity index (χ2v) is 6.75. The van der Waals surface area contributed by atoms with Gasteiger partial charge in [0.15, 0.2) is 0 Å². The zero-order valence-electron chi connectivity index (χ0n) is 14.8. The Kier molecular flexibility index (Phi) is 5.11. The maximum absolute atomic E-state index is 12.8. The molecule has 0 saturated carbocycles. The van der Waals surface area contributed by atoms with Crippen molar-refractivity contribution < 1.29 is 14.4 Å². The number of carbonyl (C=O) groups is 3. The highest BCUT2D eigenvalue weighted by Gasteiger charge is 2.42. The molecule has 1 aliphatic heterocycles. The standard InChI is InChI=1S/C20H21N3O3/c1-13(2)10-17(18(24)22-12-14-6-5-9-21-11-14)23-19(25)15-7-3-4-8-16(15)20(23)26/h3-9,11,13,17H,10,12H2,1-2H3,(H,22,24). The predicted octanol–water partition coefficient (Wildman–Crippen LogP) is 2.41. The lowest BCUT2D eigenvalue weighted by atomic mass is 10.0. The number of pyridine rings is 1. The molecular weight excluding hydrogens is 330 g/mol. The molecule has 1 unspecified atom stereocenters. The SMILES string of the molecule is CC(C)CC(C(=O)NCc1cccnc1)N1C(=O)c2ccccc2C1=O. The Morgan fingerprint density at radius 1 is 1.08 bits per heavy atom. The van der Waals surface area contributed by atoms with Crippen LogP contribution in [-0.4, -0.2) is 33.6 Å². The van der Waals surface area contributed by atoms with Crippen molar-refractivity contribution in [3.05, 3.63) is 65.5 Å². The number of benzene rings is 1. The number of imide groups is 1. The van der Waals surface area contributed by atoms with Gasteiger partial charge < -0.3 is 5.32 Å². The van der Waals surface area contributed by atoms with Crippen molar-refractivity contribution in [1.29, 1.82) is 0 Å². The molecule has 134 valence electrons. The van der Waals surface area contributed by atoms with Crippen LogP contribution in [0.25, 0.3) is 0 Å². The topological polar surface area (TPSA) is 79.4 Å².